The van der Waals surface area contributed by atoms with E-state index in [-0.39, 0.29) is 29.6 Å². The Hall–Kier alpha value is -2.53. The van der Waals surface area contributed by atoms with Crippen LogP contribution < -0.4 is 4.74 Å². The van der Waals surface area contributed by atoms with Crippen molar-refractivity contribution in [2.75, 3.05) is 13.7 Å². The van der Waals surface area contributed by atoms with Crippen LogP contribution in [0.4, 0.5) is 0 Å². The van der Waals surface area contributed by atoms with Gasteiger partial charge in [0.1, 0.15) is 12.3 Å². The van der Waals surface area contributed by atoms with Crippen LogP contribution >= 0.6 is 11.6 Å². The van der Waals surface area contributed by atoms with Crippen molar-refractivity contribution in [2.24, 2.45) is 4.99 Å². The molecule has 0 saturated heterocycles. The molecule has 2 N–H and O–H groups in total. The highest BCUT2D eigenvalue weighted by molar-refractivity contribution is 6.30. The van der Waals surface area contributed by atoms with Gasteiger partial charge in [0.25, 0.3) is 0 Å². The zero-order valence-corrected chi connectivity index (χ0v) is 13.5. The number of halogens is 1. The number of phenolic OH excluding ortho intramolecular Hbond substituents is 2. The molecule has 0 aliphatic carbocycles. The standard InChI is InChI=1S/C16H14ClNO4.CH4/c1-22-16-7-10(2-4-14(16)20)15(21)9-18-8-11-6-12(17)3-5-13(11)19;/h2-8,19-20H,9H2,1H3;1H4/i;1T. The van der Waals surface area contributed by atoms with Crippen LogP contribution in [-0.2, 0) is 0 Å². The van der Waals surface area contributed by atoms with Crippen molar-refractivity contribution in [3.63, 3.8) is 0 Å². The van der Waals surface area contributed by atoms with Crippen molar-refractivity contribution in [2.45, 2.75) is 7.40 Å². The Kier molecular flexibility index (Phi) is 6.00. The number of aromatic hydroxyl groups is 2. The van der Waals surface area contributed by atoms with Gasteiger partial charge in [-0.1, -0.05) is 19.0 Å². The van der Waals surface area contributed by atoms with Gasteiger partial charge >= 0.3 is 0 Å². The Morgan fingerprint density at radius 2 is 2.00 bits per heavy atom. The highest BCUT2D eigenvalue weighted by Crippen LogP contribution is 2.26. The Morgan fingerprint density at radius 1 is 1.30 bits per heavy atom. The molecule has 2 rings (SSSR count). The molecule has 0 aliphatic heterocycles. The van der Waals surface area contributed by atoms with Crippen molar-refractivity contribution >= 4 is 23.6 Å². The quantitative estimate of drug-likeness (QED) is 0.644. The summed E-state index contributed by atoms with van der Waals surface area (Å²) in [6, 6.07) is 8.89. The topological polar surface area (TPSA) is 79.1 Å². The van der Waals surface area contributed by atoms with Crippen LogP contribution in [0.2, 0.25) is 5.02 Å². The molecule has 5 nitrogen and oxygen atoms in total. The fourth-order valence-corrected chi connectivity index (χ4v) is 1.98. The first kappa shape index (κ1) is 16.8. The number of carbonyl (C=O) groups is 1. The predicted octanol–water partition coefficient (Wildman–Crippen LogP) is 3.70. The van der Waals surface area contributed by atoms with E-state index in [4.69, 9.17) is 17.7 Å². The molecule has 2 aromatic rings. The van der Waals surface area contributed by atoms with E-state index >= 15 is 0 Å². The average Bonchev–Trinajstić information content (AvgIpc) is 2.60. The summed E-state index contributed by atoms with van der Waals surface area (Å²) < 4.78 is 10.7. The molecule has 0 aromatic heterocycles. The minimum absolute atomic E-state index is 0.0342. The number of ketones is 1. The molecular formula is C17H18ClNO4. The summed E-state index contributed by atoms with van der Waals surface area (Å²) in [7, 11) is 2.66. The van der Waals surface area contributed by atoms with Gasteiger partial charge < -0.3 is 14.9 Å². The minimum Gasteiger partial charge on any atom is -0.507 e. The van der Waals surface area contributed by atoms with Crippen LogP contribution in [0.1, 0.15) is 24.7 Å². The Labute approximate surface area is 141 Å². The van der Waals surface area contributed by atoms with Crippen molar-refractivity contribution in [3.05, 3.63) is 52.5 Å². The van der Waals surface area contributed by atoms with Crippen LogP contribution in [0.3, 0.4) is 0 Å². The van der Waals surface area contributed by atoms with E-state index in [1.165, 1.54) is 45.0 Å². The van der Waals surface area contributed by atoms with Gasteiger partial charge in [0.2, 0.25) is 0 Å². The number of nitrogens with zero attached hydrogens (tertiary/aromatic N) is 1. The largest absolute Gasteiger partial charge is 0.507 e. The number of phenols is 2. The third-order valence-electron chi connectivity index (χ3n) is 2.96. The van der Waals surface area contributed by atoms with E-state index in [2.05, 4.69) is 4.99 Å². The van der Waals surface area contributed by atoms with Crippen molar-refractivity contribution in [1.29, 1.82) is 0 Å². The van der Waals surface area contributed by atoms with Crippen LogP contribution in [0.25, 0.3) is 0 Å². The molecule has 23 heavy (non-hydrogen) atoms. The Balaban J connectivity index is 0.00000139. The normalized spacial score (nSPS) is 10.7. The molecule has 2 aromatic carbocycles. The van der Waals surface area contributed by atoms with Crippen LogP contribution in [-0.4, -0.2) is 35.9 Å². The molecule has 0 atom stereocenters. The average molecular weight is 338 g/mol. The van der Waals surface area contributed by atoms with Crippen molar-refractivity contribution in [3.8, 4) is 17.2 Å². The summed E-state index contributed by atoms with van der Waals surface area (Å²) >= 11 is 5.83. The lowest BCUT2D eigenvalue weighted by molar-refractivity contribution is 0.100. The second kappa shape index (κ2) is 8.19. The summed E-state index contributed by atoms with van der Waals surface area (Å²) in [6.07, 6.45) is 1.39. The predicted molar refractivity (Wildman–Crippen MR) is 91.3 cm³/mol. The monoisotopic (exact) mass is 337 g/mol. The van der Waals surface area contributed by atoms with Gasteiger partial charge in [-0.15, -0.1) is 0 Å². The third kappa shape index (κ3) is 4.72. The third-order valence-corrected chi connectivity index (χ3v) is 3.19. The molecule has 0 heterocycles. The first-order valence-electron chi connectivity index (χ1n) is 7.40. The van der Waals surface area contributed by atoms with E-state index in [9.17, 15) is 15.0 Å². The van der Waals surface area contributed by atoms with E-state index < -0.39 is 0 Å². The highest BCUT2D eigenvalue weighted by Gasteiger charge is 2.09. The fraction of sp³-hybridized carbons (Fsp3) is 0.176. The van der Waals surface area contributed by atoms with Gasteiger partial charge in [0, 0.05) is 23.7 Å². The number of rotatable bonds is 5. The van der Waals surface area contributed by atoms with Gasteiger partial charge in [0.05, 0.1) is 7.11 Å². The molecule has 0 unspecified atom stereocenters. The number of benzene rings is 2. The number of carbonyl (C=O) groups excluding carboxylic acids is 1. The van der Waals surface area contributed by atoms with Gasteiger partial charge in [-0.2, -0.15) is 0 Å². The zero-order chi connectivity index (χ0) is 18.1. The molecule has 0 aliphatic rings. The van der Waals surface area contributed by atoms with Gasteiger partial charge in [0.15, 0.2) is 17.3 Å². The lowest BCUT2D eigenvalue weighted by atomic mass is 10.1. The number of methoxy groups -OCH3 is 1. The van der Waals surface area contributed by atoms with Gasteiger partial charge in [-0.3, -0.25) is 9.79 Å². The van der Waals surface area contributed by atoms with Crippen LogP contribution in [0.5, 0.6) is 17.2 Å². The van der Waals surface area contributed by atoms with Gasteiger partial charge in [-0.25, -0.2) is 0 Å². The van der Waals surface area contributed by atoms with Crippen LogP contribution in [0.15, 0.2) is 41.4 Å². The second-order valence-corrected chi connectivity index (χ2v) is 4.92. The maximum Gasteiger partial charge on any atom is 0.184 e. The fourth-order valence-electron chi connectivity index (χ4n) is 1.80. The maximum absolute atomic E-state index is 12.0. The SMILES string of the molecule is COc1cc(C(=O)CN=Cc2cc(Cl)ccc2O)ccc1O.[3H]C. The molecule has 0 saturated carbocycles. The molecule has 122 valence electrons. The van der Waals surface area contributed by atoms with E-state index in [0.717, 1.165) is 0 Å². The molecule has 0 bridgehead atoms. The van der Waals surface area contributed by atoms with E-state index in [1.807, 2.05) is 0 Å². The summed E-state index contributed by atoms with van der Waals surface area (Å²) in [4.78, 5) is 16.0. The zero-order valence-electron chi connectivity index (χ0n) is 13.8. The minimum atomic E-state index is -0.240. The number of hydrogen-bond donors (Lipinski definition) is 2. The van der Waals surface area contributed by atoms with E-state index in [0.29, 0.717) is 16.1 Å². The number of aliphatic imine (C=N–C) groups is 1. The highest BCUT2D eigenvalue weighted by atomic mass is 35.5. The number of hydrogen-bond acceptors (Lipinski definition) is 5. The van der Waals surface area contributed by atoms with Crippen molar-refractivity contribution in [1.82, 2.24) is 0 Å². The second-order valence-electron chi connectivity index (χ2n) is 4.48. The first-order valence-corrected chi connectivity index (χ1v) is 6.77. The molecule has 6 heteroatoms. The molecule has 0 radical (unpaired) electrons. The lowest BCUT2D eigenvalue weighted by Gasteiger charge is -2.05. The smallest absolute Gasteiger partial charge is 0.184 e. The molecule has 0 fully saturated rings. The molecule has 0 amide bonds. The van der Waals surface area contributed by atoms with Crippen LogP contribution in [0, 0.1) is 0 Å². The number of Topliss-reactive ketones (excluding diaryl/α,β-unsaturated/α-hetero) is 1. The first-order chi connectivity index (χ1) is 11.5. The Morgan fingerprint density at radius 3 is 2.70 bits per heavy atom. The summed E-state index contributed by atoms with van der Waals surface area (Å²) in [6.45, 7) is -0.0973. The van der Waals surface area contributed by atoms with Crippen molar-refractivity contribution < 1.29 is 21.1 Å². The molecule has 0 spiro atoms. The number of ether oxygens (including phenoxy) is 1. The van der Waals surface area contributed by atoms with E-state index in [1.54, 1.807) is 12.1 Å². The lowest BCUT2D eigenvalue weighted by Crippen LogP contribution is -2.04. The van der Waals surface area contributed by atoms with Gasteiger partial charge in [-0.05, 0) is 36.4 Å². The summed E-state index contributed by atoms with van der Waals surface area (Å²) in [5, 5.41) is 19.6. The summed E-state index contributed by atoms with van der Waals surface area (Å²) in [5.41, 5.74) is 0.811. The maximum atomic E-state index is 12.0. The Bertz CT molecular complexity index is 735. The molecular weight excluding hydrogens is 318 g/mol. The summed E-state index contributed by atoms with van der Waals surface area (Å²) in [5.74, 6) is -0.0170.